The van der Waals surface area contributed by atoms with Crippen molar-refractivity contribution in [1.82, 2.24) is 9.03 Å². The fourth-order valence-corrected chi connectivity index (χ4v) is 4.85. The Hall–Kier alpha value is -0.210. The summed E-state index contributed by atoms with van der Waals surface area (Å²) in [7, 11) is -3.46. The van der Waals surface area contributed by atoms with Crippen LogP contribution in [-0.4, -0.2) is 56.3 Å². The average molecular weight is 304 g/mol. The summed E-state index contributed by atoms with van der Waals surface area (Å²) in [5, 5.41) is 9.22. The molecule has 2 saturated heterocycles. The van der Waals surface area contributed by atoms with Gasteiger partial charge in [0.15, 0.2) is 0 Å². The zero-order chi connectivity index (χ0) is 14.2. The summed E-state index contributed by atoms with van der Waals surface area (Å²) < 4.78 is 34.9. The van der Waals surface area contributed by atoms with Gasteiger partial charge in [-0.3, -0.25) is 0 Å². The molecule has 0 aromatic heterocycles. The van der Waals surface area contributed by atoms with Crippen LogP contribution < -0.4 is 4.72 Å². The van der Waals surface area contributed by atoms with E-state index in [-0.39, 0.29) is 24.7 Å². The van der Waals surface area contributed by atoms with Crippen molar-refractivity contribution in [3.63, 3.8) is 0 Å². The Balaban J connectivity index is 1.62. The maximum atomic E-state index is 12.5. The van der Waals surface area contributed by atoms with Gasteiger partial charge < -0.3 is 9.84 Å². The van der Waals surface area contributed by atoms with Gasteiger partial charge >= 0.3 is 0 Å². The summed E-state index contributed by atoms with van der Waals surface area (Å²) in [6.45, 7) is 1.68. The summed E-state index contributed by atoms with van der Waals surface area (Å²) in [5.74, 6) is 0.608. The largest absolute Gasteiger partial charge is 0.396 e. The van der Waals surface area contributed by atoms with E-state index in [1.807, 2.05) is 0 Å². The lowest BCUT2D eigenvalue weighted by Gasteiger charge is -2.32. The molecule has 0 spiro atoms. The summed E-state index contributed by atoms with van der Waals surface area (Å²) >= 11 is 0. The zero-order valence-electron chi connectivity index (χ0n) is 11.7. The van der Waals surface area contributed by atoms with Crippen molar-refractivity contribution in [1.29, 1.82) is 0 Å². The van der Waals surface area contributed by atoms with E-state index in [9.17, 15) is 13.5 Å². The molecule has 1 saturated carbocycles. The second-order valence-electron chi connectivity index (χ2n) is 6.24. The highest BCUT2D eigenvalue weighted by Gasteiger charge is 2.43. The highest BCUT2D eigenvalue weighted by molar-refractivity contribution is 7.87. The number of rotatable bonds is 5. The summed E-state index contributed by atoms with van der Waals surface area (Å²) in [4.78, 5) is 0. The second-order valence-corrected chi connectivity index (χ2v) is 7.94. The minimum absolute atomic E-state index is 0.0585. The fourth-order valence-electron chi connectivity index (χ4n) is 3.29. The average Bonchev–Trinajstić information content (AvgIpc) is 3.19. The van der Waals surface area contributed by atoms with Crippen LogP contribution in [0.25, 0.3) is 0 Å². The summed E-state index contributed by atoms with van der Waals surface area (Å²) in [5.41, 5.74) is 0. The number of hydrogen-bond donors (Lipinski definition) is 2. The highest BCUT2D eigenvalue weighted by Crippen LogP contribution is 2.39. The Morgan fingerprint density at radius 1 is 1.25 bits per heavy atom. The van der Waals surface area contributed by atoms with Crippen LogP contribution >= 0.6 is 0 Å². The van der Waals surface area contributed by atoms with Gasteiger partial charge in [0.25, 0.3) is 10.2 Å². The molecule has 6 nitrogen and oxygen atoms in total. The van der Waals surface area contributed by atoms with Gasteiger partial charge in [0.05, 0.1) is 12.1 Å². The first kappa shape index (κ1) is 14.7. The number of nitrogens with zero attached hydrogens (tertiary/aromatic N) is 1. The Bertz CT molecular complexity index is 438. The maximum Gasteiger partial charge on any atom is 0.279 e. The molecule has 2 heterocycles. The van der Waals surface area contributed by atoms with E-state index in [0.29, 0.717) is 25.6 Å². The van der Waals surface area contributed by atoms with Crippen LogP contribution in [0.1, 0.15) is 32.1 Å². The van der Waals surface area contributed by atoms with Crippen LogP contribution in [0.3, 0.4) is 0 Å². The lowest BCUT2D eigenvalue weighted by atomic mass is 10.0. The van der Waals surface area contributed by atoms with Crippen molar-refractivity contribution in [3.05, 3.63) is 0 Å². The summed E-state index contributed by atoms with van der Waals surface area (Å²) in [6.07, 6.45) is 4.85. The molecular weight excluding hydrogens is 280 g/mol. The molecule has 3 atom stereocenters. The molecule has 3 unspecified atom stereocenters. The molecule has 0 radical (unpaired) electrons. The van der Waals surface area contributed by atoms with Gasteiger partial charge in [-0.25, -0.2) is 0 Å². The van der Waals surface area contributed by atoms with Crippen LogP contribution in [0.15, 0.2) is 0 Å². The summed E-state index contributed by atoms with van der Waals surface area (Å²) in [6, 6.07) is -0.0815. The Morgan fingerprint density at radius 3 is 2.75 bits per heavy atom. The molecule has 7 heteroatoms. The fraction of sp³-hybridized carbons (Fsp3) is 1.00. The van der Waals surface area contributed by atoms with Gasteiger partial charge in [-0.1, -0.05) is 0 Å². The molecule has 3 fully saturated rings. The minimum Gasteiger partial charge on any atom is -0.396 e. The number of ether oxygens (including phenoxy) is 1. The number of hydrogen-bond acceptors (Lipinski definition) is 4. The first-order chi connectivity index (χ1) is 9.60. The molecule has 1 aliphatic carbocycles. The van der Waals surface area contributed by atoms with Crippen molar-refractivity contribution < 1.29 is 18.3 Å². The molecule has 20 heavy (non-hydrogen) atoms. The third kappa shape index (κ3) is 3.17. The van der Waals surface area contributed by atoms with Crippen LogP contribution in [0, 0.1) is 11.8 Å². The molecule has 3 aliphatic rings. The molecular formula is C13H24N2O4S. The van der Waals surface area contributed by atoms with Crippen LogP contribution in [0.5, 0.6) is 0 Å². The van der Waals surface area contributed by atoms with Crippen LogP contribution in [-0.2, 0) is 14.9 Å². The Morgan fingerprint density at radius 2 is 2.05 bits per heavy atom. The molecule has 0 aromatic rings. The lowest BCUT2D eigenvalue weighted by molar-refractivity contribution is 0.0842. The van der Waals surface area contributed by atoms with Crippen molar-refractivity contribution in [3.8, 4) is 0 Å². The van der Waals surface area contributed by atoms with E-state index in [4.69, 9.17) is 4.74 Å². The lowest BCUT2D eigenvalue weighted by Crippen LogP contribution is -2.51. The third-order valence-corrected chi connectivity index (χ3v) is 6.21. The van der Waals surface area contributed by atoms with Gasteiger partial charge in [-0.2, -0.15) is 17.4 Å². The predicted molar refractivity (Wildman–Crippen MR) is 74.3 cm³/mol. The smallest absolute Gasteiger partial charge is 0.279 e. The van der Waals surface area contributed by atoms with E-state index in [2.05, 4.69) is 4.72 Å². The van der Waals surface area contributed by atoms with E-state index >= 15 is 0 Å². The normalized spacial score (nSPS) is 36.4. The van der Waals surface area contributed by atoms with E-state index in [0.717, 1.165) is 32.1 Å². The van der Waals surface area contributed by atoms with Crippen LogP contribution in [0.4, 0.5) is 0 Å². The maximum absolute atomic E-state index is 12.5. The molecule has 116 valence electrons. The van der Waals surface area contributed by atoms with E-state index in [1.165, 1.54) is 4.31 Å². The number of aliphatic hydroxyl groups excluding tert-OH is 1. The SMILES string of the molecule is O=S(=O)(NC1CCOC1C1CC1)N1CCCC(CO)C1. The molecule has 0 bridgehead atoms. The molecule has 2 N–H and O–H groups in total. The first-order valence-electron chi connectivity index (χ1n) is 7.60. The van der Waals surface area contributed by atoms with Gasteiger partial charge in [0.1, 0.15) is 0 Å². The highest BCUT2D eigenvalue weighted by atomic mass is 32.2. The van der Waals surface area contributed by atoms with Gasteiger partial charge in [-0.05, 0) is 43.9 Å². The Labute approximate surface area is 120 Å². The van der Waals surface area contributed by atoms with Gasteiger partial charge in [0, 0.05) is 26.3 Å². The van der Waals surface area contributed by atoms with Gasteiger partial charge in [-0.15, -0.1) is 0 Å². The van der Waals surface area contributed by atoms with Crippen molar-refractivity contribution >= 4 is 10.2 Å². The zero-order valence-corrected chi connectivity index (χ0v) is 12.5. The number of aliphatic hydroxyl groups is 1. The predicted octanol–water partition coefficient (Wildman–Crippen LogP) is 0.0926. The molecule has 0 amide bonds. The van der Waals surface area contributed by atoms with E-state index in [1.54, 1.807) is 0 Å². The molecule has 3 rings (SSSR count). The topological polar surface area (TPSA) is 78.9 Å². The first-order valence-corrected chi connectivity index (χ1v) is 9.04. The second kappa shape index (κ2) is 5.88. The standard InChI is InChI=1S/C13H24N2O4S/c16-9-10-2-1-6-15(8-10)20(17,18)14-12-5-7-19-13(12)11-3-4-11/h10-14,16H,1-9H2. The number of piperidine rings is 1. The molecule has 2 aliphatic heterocycles. The quantitative estimate of drug-likeness (QED) is 0.755. The molecule has 0 aromatic carbocycles. The van der Waals surface area contributed by atoms with E-state index < -0.39 is 10.2 Å². The monoisotopic (exact) mass is 304 g/mol. The van der Waals surface area contributed by atoms with Crippen molar-refractivity contribution in [2.75, 3.05) is 26.3 Å². The third-order valence-electron chi connectivity index (χ3n) is 4.60. The van der Waals surface area contributed by atoms with Gasteiger partial charge in [0.2, 0.25) is 0 Å². The van der Waals surface area contributed by atoms with Crippen molar-refractivity contribution in [2.24, 2.45) is 11.8 Å². The van der Waals surface area contributed by atoms with Crippen LogP contribution in [0.2, 0.25) is 0 Å². The minimum atomic E-state index is -3.46. The van der Waals surface area contributed by atoms with Crippen molar-refractivity contribution in [2.45, 2.75) is 44.2 Å². The Kier molecular flexibility index (Phi) is 4.33. The number of nitrogens with one attached hydrogen (secondary N) is 1.